The summed E-state index contributed by atoms with van der Waals surface area (Å²) in [6.07, 6.45) is 4.11. The maximum Gasteiger partial charge on any atom is 0.500 e. The van der Waals surface area contributed by atoms with E-state index in [2.05, 4.69) is 5.32 Å². The summed E-state index contributed by atoms with van der Waals surface area (Å²) in [6.45, 7) is 8.09. The zero-order valence-corrected chi connectivity index (χ0v) is 15.9. The third-order valence-corrected chi connectivity index (χ3v) is 6.43. The van der Waals surface area contributed by atoms with Crippen molar-refractivity contribution < 1.29 is 18.1 Å². The summed E-state index contributed by atoms with van der Waals surface area (Å²) < 4.78 is 17.4. The summed E-state index contributed by atoms with van der Waals surface area (Å²) in [5.74, 6) is -0.102. The standard InChI is InChI=1S/C18H29NO4Si/c1-4-21-24(22-5-2,23-6-3)16-10-15-19-18(20)14-13-17-11-8-7-9-12-17/h7-9,11-14H,4-6,10,15-16H2,1-3H3,(H,19,20)/b14-13+. The molecule has 0 bridgehead atoms. The smallest absolute Gasteiger partial charge is 0.374 e. The summed E-state index contributed by atoms with van der Waals surface area (Å²) in [5, 5.41) is 2.88. The molecule has 0 fully saturated rings. The molecule has 1 amide bonds. The fourth-order valence-electron chi connectivity index (χ4n) is 2.31. The molecule has 0 atom stereocenters. The minimum Gasteiger partial charge on any atom is -0.374 e. The molecule has 6 heteroatoms. The zero-order valence-electron chi connectivity index (χ0n) is 14.9. The fourth-order valence-corrected chi connectivity index (χ4v) is 4.92. The maximum absolute atomic E-state index is 11.8. The van der Waals surface area contributed by atoms with Crippen molar-refractivity contribution in [3.63, 3.8) is 0 Å². The molecule has 5 nitrogen and oxygen atoms in total. The molecule has 0 unspecified atom stereocenters. The van der Waals surface area contributed by atoms with Crippen molar-refractivity contribution >= 4 is 20.8 Å². The SMILES string of the molecule is CCO[Si](CCCNC(=O)/C=C/c1ccccc1)(OCC)OCC. The lowest BCUT2D eigenvalue weighted by molar-refractivity contribution is -0.116. The summed E-state index contributed by atoms with van der Waals surface area (Å²) in [5.41, 5.74) is 1.00. The predicted octanol–water partition coefficient (Wildman–Crippen LogP) is 3.25. The molecule has 24 heavy (non-hydrogen) atoms. The Balaban J connectivity index is 2.38. The van der Waals surface area contributed by atoms with Crippen LogP contribution in [0.25, 0.3) is 6.08 Å². The minimum atomic E-state index is -2.61. The highest BCUT2D eigenvalue weighted by Gasteiger charge is 2.39. The lowest BCUT2D eigenvalue weighted by Crippen LogP contribution is -2.46. The Morgan fingerprint density at radius 1 is 1.04 bits per heavy atom. The van der Waals surface area contributed by atoms with Crippen LogP contribution in [0.2, 0.25) is 6.04 Å². The molecule has 1 rings (SSSR count). The quantitative estimate of drug-likeness (QED) is 0.357. The van der Waals surface area contributed by atoms with Crippen molar-refractivity contribution in [1.82, 2.24) is 5.32 Å². The molecule has 0 spiro atoms. The van der Waals surface area contributed by atoms with Gasteiger partial charge in [-0.2, -0.15) is 0 Å². The summed E-state index contributed by atoms with van der Waals surface area (Å²) in [6, 6.07) is 10.4. The van der Waals surface area contributed by atoms with E-state index in [0.717, 1.165) is 12.0 Å². The molecule has 134 valence electrons. The second-order valence-corrected chi connectivity index (χ2v) is 7.85. The van der Waals surface area contributed by atoms with Gasteiger partial charge in [-0.15, -0.1) is 0 Å². The van der Waals surface area contributed by atoms with Crippen molar-refractivity contribution in [2.75, 3.05) is 26.4 Å². The van der Waals surface area contributed by atoms with Gasteiger partial charge in [0, 0.05) is 38.5 Å². The van der Waals surface area contributed by atoms with Crippen LogP contribution in [0.4, 0.5) is 0 Å². The Kier molecular flexibility index (Phi) is 10.3. The van der Waals surface area contributed by atoms with Crippen LogP contribution in [0, 0.1) is 0 Å². The molecule has 1 N–H and O–H groups in total. The van der Waals surface area contributed by atoms with Crippen LogP contribution in [0.15, 0.2) is 36.4 Å². The van der Waals surface area contributed by atoms with Gasteiger partial charge in [0.25, 0.3) is 0 Å². The van der Waals surface area contributed by atoms with Gasteiger partial charge in [-0.3, -0.25) is 4.79 Å². The average Bonchev–Trinajstić information content (AvgIpc) is 2.59. The first-order valence-corrected chi connectivity index (χ1v) is 10.5. The van der Waals surface area contributed by atoms with E-state index in [1.54, 1.807) is 12.2 Å². The second kappa shape index (κ2) is 12.0. The third kappa shape index (κ3) is 7.87. The van der Waals surface area contributed by atoms with E-state index < -0.39 is 8.80 Å². The maximum atomic E-state index is 11.8. The zero-order chi connectivity index (χ0) is 17.7. The molecule has 0 saturated carbocycles. The van der Waals surface area contributed by atoms with Gasteiger partial charge in [-0.05, 0) is 38.8 Å². The largest absolute Gasteiger partial charge is 0.500 e. The first kappa shape index (κ1) is 20.6. The highest BCUT2D eigenvalue weighted by atomic mass is 28.4. The van der Waals surface area contributed by atoms with E-state index >= 15 is 0 Å². The molecule has 1 aromatic rings. The average molecular weight is 352 g/mol. The number of amides is 1. The van der Waals surface area contributed by atoms with Crippen LogP contribution >= 0.6 is 0 Å². The van der Waals surface area contributed by atoms with Gasteiger partial charge in [0.15, 0.2) is 0 Å². The van der Waals surface area contributed by atoms with Crippen LogP contribution in [0.5, 0.6) is 0 Å². The molecule has 0 aliphatic carbocycles. The van der Waals surface area contributed by atoms with E-state index in [1.165, 1.54) is 0 Å². The number of carbonyl (C=O) groups excluding carboxylic acids is 1. The number of hydrogen-bond acceptors (Lipinski definition) is 4. The first-order valence-electron chi connectivity index (χ1n) is 8.58. The van der Waals surface area contributed by atoms with Crippen molar-refractivity contribution in [3.8, 4) is 0 Å². The van der Waals surface area contributed by atoms with Crippen molar-refractivity contribution in [2.45, 2.75) is 33.2 Å². The first-order chi connectivity index (χ1) is 11.7. The normalized spacial score (nSPS) is 11.8. The predicted molar refractivity (Wildman–Crippen MR) is 98.5 cm³/mol. The number of hydrogen-bond donors (Lipinski definition) is 1. The Morgan fingerprint density at radius 2 is 1.62 bits per heavy atom. The van der Waals surface area contributed by atoms with Gasteiger partial charge in [0.1, 0.15) is 0 Å². The van der Waals surface area contributed by atoms with Crippen LogP contribution < -0.4 is 5.32 Å². The second-order valence-electron chi connectivity index (χ2n) is 5.12. The summed E-state index contributed by atoms with van der Waals surface area (Å²) in [4.78, 5) is 11.8. The highest BCUT2D eigenvalue weighted by molar-refractivity contribution is 6.60. The lowest BCUT2D eigenvalue weighted by atomic mass is 10.2. The molecule has 0 saturated heterocycles. The van der Waals surface area contributed by atoms with Crippen molar-refractivity contribution in [3.05, 3.63) is 42.0 Å². The molecular weight excluding hydrogens is 322 g/mol. The van der Waals surface area contributed by atoms with E-state index in [4.69, 9.17) is 13.3 Å². The summed E-state index contributed by atoms with van der Waals surface area (Å²) in [7, 11) is -2.61. The Hall–Kier alpha value is -1.47. The van der Waals surface area contributed by atoms with E-state index in [9.17, 15) is 4.79 Å². The van der Waals surface area contributed by atoms with Gasteiger partial charge in [-0.1, -0.05) is 30.3 Å². The monoisotopic (exact) mass is 351 g/mol. The molecule has 0 heterocycles. The molecule has 0 aromatic heterocycles. The minimum absolute atomic E-state index is 0.102. The van der Waals surface area contributed by atoms with Crippen molar-refractivity contribution in [2.24, 2.45) is 0 Å². The Morgan fingerprint density at radius 3 is 2.17 bits per heavy atom. The highest BCUT2D eigenvalue weighted by Crippen LogP contribution is 2.17. The Labute approximate surface area is 146 Å². The van der Waals surface area contributed by atoms with Crippen LogP contribution in [-0.4, -0.2) is 41.1 Å². The molecule has 0 radical (unpaired) electrons. The van der Waals surface area contributed by atoms with Gasteiger partial charge in [0.05, 0.1) is 0 Å². The lowest BCUT2D eigenvalue weighted by Gasteiger charge is -2.28. The fraction of sp³-hybridized carbons (Fsp3) is 0.500. The molecular formula is C18H29NO4Si. The topological polar surface area (TPSA) is 56.8 Å². The summed E-state index contributed by atoms with van der Waals surface area (Å²) >= 11 is 0. The van der Waals surface area contributed by atoms with Gasteiger partial charge < -0.3 is 18.6 Å². The van der Waals surface area contributed by atoms with Gasteiger partial charge in [0.2, 0.25) is 5.91 Å². The van der Waals surface area contributed by atoms with E-state index in [1.807, 2.05) is 51.1 Å². The van der Waals surface area contributed by atoms with Crippen molar-refractivity contribution in [1.29, 1.82) is 0 Å². The van der Waals surface area contributed by atoms with Crippen LogP contribution in [0.1, 0.15) is 32.8 Å². The van der Waals surface area contributed by atoms with Crippen LogP contribution in [-0.2, 0) is 18.1 Å². The van der Waals surface area contributed by atoms with E-state index in [0.29, 0.717) is 32.4 Å². The van der Waals surface area contributed by atoms with Crippen LogP contribution in [0.3, 0.4) is 0 Å². The number of benzene rings is 1. The third-order valence-electron chi connectivity index (χ3n) is 3.28. The molecule has 0 aliphatic heterocycles. The van der Waals surface area contributed by atoms with E-state index in [-0.39, 0.29) is 5.91 Å². The number of carbonyl (C=O) groups is 1. The number of rotatable bonds is 12. The Bertz CT molecular complexity index is 476. The number of nitrogens with one attached hydrogen (secondary N) is 1. The molecule has 1 aromatic carbocycles. The van der Waals surface area contributed by atoms with Gasteiger partial charge in [-0.25, -0.2) is 0 Å². The molecule has 0 aliphatic rings. The van der Waals surface area contributed by atoms with Gasteiger partial charge >= 0.3 is 8.80 Å².